The number of benzene rings is 2. The van der Waals surface area contributed by atoms with E-state index in [2.05, 4.69) is 5.10 Å². The van der Waals surface area contributed by atoms with E-state index in [0.29, 0.717) is 29.6 Å². The minimum atomic E-state index is -4.56. The Morgan fingerprint density at radius 3 is 2.75 bits per heavy atom. The zero-order valence-corrected chi connectivity index (χ0v) is 22.9. The predicted molar refractivity (Wildman–Crippen MR) is 145 cm³/mol. The molecule has 0 spiro atoms. The number of aromatic nitrogens is 2. The van der Waals surface area contributed by atoms with Crippen molar-refractivity contribution >= 4 is 51.5 Å². The fourth-order valence-electron chi connectivity index (χ4n) is 5.05. The maximum absolute atomic E-state index is 14.1. The second kappa shape index (κ2) is 11.5. The van der Waals surface area contributed by atoms with Gasteiger partial charge in [0.05, 0.1) is 35.3 Å². The smallest absolute Gasteiger partial charge is 0.383 e. The van der Waals surface area contributed by atoms with Crippen LogP contribution in [0.15, 0.2) is 47.5 Å². The maximum atomic E-state index is 14.1. The molecule has 0 aliphatic carbocycles. The second-order valence-corrected chi connectivity index (χ2v) is 11.1. The van der Waals surface area contributed by atoms with Gasteiger partial charge in [-0.15, -0.1) is 0 Å². The van der Waals surface area contributed by atoms with Gasteiger partial charge in [-0.25, -0.2) is 4.39 Å². The van der Waals surface area contributed by atoms with Crippen LogP contribution in [-0.4, -0.2) is 76.3 Å². The summed E-state index contributed by atoms with van der Waals surface area (Å²) in [6, 6.07) is 8.51. The molecule has 3 heterocycles. The molecule has 0 bridgehead atoms. The van der Waals surface area contributed by atoms with Crippen molar-refractivity contribution in [2.24, 2.45) is 0 Å². The monoisotopic (exact) mass is 596 g/mol. The van der Waals surface area contributed by atoms with E-state index in [1.165, 1.54) is 23.0 Å². The number of amides is 2. The highest BCUT2D eigenvalue weighted by molar-refractivity contribution is 8.18. The van der Waals surface area contributed by atoms with Gasteiger partial charge >= 0.3 is 6.18 Å². The topological polar surface area (TPSA) is 67.7 Å². The summed E-state index contributed by atoms with van der Waals surface area (Å²) in [6.45, 7) is 1.16. The van der Waals surface area contributed by atoms with Gasteiger partial charge in [0.15, 0.2) is 0 Å². The molecule has 212 valence electrons. The molecule has 2 amide bonds. The fourth-order valence-corrected chi connectivity index (χ4v) is 6.07. The number of carbonyl (C=O) groups is 2. The molecule has 1 aromatic heterocycles. The molecule has 5 rings (SSSR count). The van der Waals surface area contributed by atoms with Crippen molar-refractivity contribution in [3.05, 3.63) is 69.2 Å². The summed E-state index contributed by atoms with van der Waals surface area (Å²) in [5, 5.41) is 4.49. The lowest BCUT2D eigenvalue weighted by Gasteiger charge is -2.26. The lowest BCUT2D eigenvalue weighted by atomic mass is 10.1. The zero-order valence-electron chi connectivity index (χ0n) is 21.3. The summed E-state index contributed by atoms with van der Waals surface area (Å²) < 4.78 is 61.2. The minimum Gasteiger partial charge on any atom is -0.383 e. The normalized spacial score (nSPS) is 21.4. The lowest BCUT2D eigenvalue weighted by Crippen LogP contribution is -2.43. The number of hydrogen-bond donors (Lipinski definition) is 0. The van der Waals surface area contributed by atoms with Gasteiger partial charge in [-0.05, 0) is 59.7 Å². The number of halogens is 5. The maximum Gasteiger partial charge on any atom is 0.416 e. The Hall–Kier alpha value is -2.93. The molecular weight excluding hydrogens is 572 g/mol. The molecular formula is C27H25ClF4N4O3S. The molecule has 2 saturated heterocycles. The molecule has 0 N–H and O–H groups in total. The van der Waals surface area contributed by atoms with Gasteiger partial charge in [0, 0.05) is 43.2 Å². The van der Waals surface area contributed by atoms with Crippen LogP contribution in [0, 0.1) is 0 Å². The summed E-state index contributed by atoms with van der Waals surface area (Å²) in [6.07, 6.45) is -2.22. The number of fused-ring (bicyclic) bond motifs is 1. The van der Waals surface area contributed by atoms with Crippen LogP contribution in [0.1, 0.15) is 23.1 Å². The van der Waals surface area contributed by atoms with Gasteiger partial charge in [-0.1, -0.05) is 23.7 Å². The first-order chi connectivity index (χ1) is 19.0. The standard InChI is InChI=1S/C27H25ClF4N4O3S/c1-39-7-6-34-14-20(29)11-21(34)15-35-25(37)24(40-26(35)38)9-16-2-5-23-18(8-16)12-33-36(23)13-17-3-4-19(28)10-22(17)27(30,31)32/h2-5,8-10,12,20-21H,6-7,11,13-15H2,1H3/t20-,21+/m1/s1. The summed E-state index contributed by atoms with van der Waals surface area (Å²) in [7, 11) is 1.56. The molecule has 0 saturated carbocycles. The molecule has 2 atom stereocenters. The van der Waals surface area contributed by atoms with Gasteiger partial charge in [0.25, 0.3) is 11.1 Å². The van der Waals surface area contributed by atoms with Crippen molar-refractivity contribution in [2.75, 3.05) is 33.4 Å². The van der Waals surface area contributed by atoms with Crippen LogP contribution < -0.4 is 0 Å². The lowest BCUT2D eigenvalue weighted by molar-refractivity contribution is -0.138. The summed E-state index contributed by atoms with van der Waals surface area (Å²) in [4.78, 5) is 29.0. The highest BCUT2D eigenvalue weighted by Gasteiger charge is 2.40. The predicted octanol–water partition coefficient (Wildman–Crippen LogP) is 5.85. The first-order valence-electron chi connectivity index (χ1n) is 12.5. The average molecular weight is 597 g/mol. The largest absolute Gasteiger partial charge is 0.416 e. The van der Waals surface area contributed by atoms with Gasteiger partial charge in [-0.2, -0.15) is 18.3 Å². The van der Waals surface area contributed by atoms with E-state index in [4.69, 9.17) is 16.3 Å². The van der Waals surface area contributed by atoms with Crippen LogP contribution in [0.2, 0.25) is 5.02 Å². The molecule has 2 fully saturated rings. The van der Waals surface area contributed by atoms with E-state index in [0.717, 1.165) is 22.7 Å². The van der Waals surface area contributed by atoms with E-state index < -0.39 is 29.1 Å². The van der Waals surface area contributed by atoms with Crippen molar-refractivity contribution in [1.82, 2.24) is 19.6 Å². The van der Waals surface area contributed by atoms with Gasteiger partial charge in [-0.3, -0.25) is 24.1 Å². The number of carbonyl (C=O) groups excluding carboxylic acids is 2. The first-order valence-corrected chi connectivity index (χ1v) is 13.7. The summed E-state index contributed by atoms with van der Waals surface area (Å²) in [5.74, 6) is -0.442. The Kier molecular flexibility index (Phi) is 8.23. The van der Waals surface area contributed by atoms with E-state index in [-0.39, 0.29) is 47.6 Å². The molecule has 3 aromatic rings. The molecule has 40 heavy (non-hydrogen) atoms. The number of ether oxygens (including phenoxy) is 1. The molecule has 2 aliphatic heterocycles. The average Bonchev–Trinajstić information content (AvgIpc) is 3.54. The third kappa shape index (κ3) is 6.04. The van der Waals surface area contributed by atoms with Crippen molar-refractivity contribution in [3.63, 3.8) is 0 Å². The Balaban J connectivity index is 1.33. The van der Waals surface area contributed by atoms with Gasteiger partial charge in [0.2, 0.25) is 0 Å². The highest BCUT2D eigenvalue weighted by atomic mass is 35.5. The SMILES string of the molecule is COCCN1C[C@H](F)C[C@H]1CN1C(=O)SC(=Cc2ccc3c(cnn3Cc3ccc(Cl)cc3C(F)(F)F)c2)C1=O. The molecule has 0 radical (unpaired) electrons. The zero-order chi connectivity index (χ0) is 28.6. The Morgan fingerprint density at radius 1 is 1.20 bits per heavy atom. The summed E-state index contributed by atoms with van der Waals surface area (Å²) in [5.41, 5.74) is 0.442. The van der Waals surface area contributed by atoms with Crippen molar-refractivity contribution in [2.45, 2.75) is 31.4 Å². The Bertz CT molecular complexity index is 1480. The second-order valence-electron chi connectivity index (χ2n) is 9.69. The molecule has 2 aliphatic rings. The van der Waals surface area contributed by atoms with E-state index >= 15 is 0 Å². The first kappa shape index (κ1) is 28.6. The van der Waals surface area contributed by atoms with Crippen LogP contribution in [-0.2, 0) is 22.3 Å². The fraction of sp³-hybridized carbons (Fsp3) is 0.370. The van der Waals surface area contributed by atoms with E-state index in [1.807, 2.05) is 4.90 Å². The van der Waals surface area contributed by atoms with Crippen LogP contribution in [0.4, 0.5) is 22.4 Å². The molecule has 13 heteroatoms. The van der Waals surface area contributed by atoms with Crippen molar-refractivity contribution in [3.8, 4) is 0 Å². The van der Waals surface area contributed by atoms with Gasteiger partial charge < -0.3 is 4.74 Å². The van der Waals surface area contributed by atoms with Crippen molar-refractivity contribution in [1.29, 1.82) is 0 Å². The van der Waals surface area contributed by atoms with E-state index in [1.54, 1.807) is 31.4 Å². The van der Waals surface area contributed by atoms with Crippen LogP contribution in [0.25, 0.3) is 17.0 Å². The molecule has 7 nitrogen and oxygen atoms in total. The molecule has 0 unspecified atom stereocenters. The molecule has 2 aromatic carbocycles. The minimum absolute atomic E-state index is 0.00581. The number of methoxy groups -OCH3 is 1. The van der Waals surface area contributed by atoms with Crippen LogP contribution in [0.5, 0.6) is 0 Å². The van der Waals surface area contributed by atoms with Gasteiger partial charge in [0.1, 0.15) is 6.17 Å². The Morgan fingerprint density at radius 2 is 2.00 bits per heavy atom. The number of likely N-dealkylation sites (tertiary alicyclic amines) is 1. The highest BCUT2D eigenvalue weighted by Crippen LogP contribution is 2.36. The van der Waals surface area contributed by atoms with Crippen LogP contribution in [0.3, 0.4) is 0 Å². The number of hydrogen-bond acceptors (Lipinski definition) is 6. The number of alkyl halides is 4. The number of imide groups is 1. The third-order valence-electron chi connectivity index (χ3n) is 6.99. The third-order valence-corrected chi connectivity index (χ3v) is 8.13. The van der Waals surface area contributed by atoms with Crippen LogP contribution >= 0.6 is 23.4 Å². The summed E-state index contributed by atoms with van der Waals surface area (Å²) >= 11 is 6.61. The number of thioether (sulfide) groups is 1. The van der Waals surface area contributed by atoms with E-state index in [9.17, 15) is 27.2 Å². The quantitative estimate of drug-likeness (QED) is 0.240. The Labute approximate surface area is 236 Å². The number of nitrogens with zero attached hydrogens (tertiary/aromatic N) is 4. The number of rotatable bonds is 8. The van der Waals surface area contributed by atoms with Crippen molar-refractivity contribution < 1.29 is 31.9 Å².